The van der Waals surface area contributed by atoms with E-state index in [9.17, 15) is 14.7 Å². The predicted octanol–water partition coefficient (Wildman–Crippen LogP) is 8.92. The molecule has 0 saturated heterocycles. The summed E-state index contributed by atoms with van der Waals surface area (Å²) in [5, 5.41) is 11.3. The van der Waals surface area contributed by atoms with Gasteiger partial charge >= 0.3 is 5.97 Å². The predicted molar refractivity (Wildman–Crippen MR) is 166 cm³/mol. The number of hydrogen-bond acceptors (Lipinski definition) is 4. The zero-order chi connectivity index (χ0) is 28.1. The molecular formula is C34H32ClNO3S. The van der Waals surface area contributed by atoms with Gasteiger partial charge in [0.1, 0.15) is 0 Å². The number of carboxylic acid groups (broad SMARTS) is 1. The molecule has 1 saturated carbocycles. The highest BCUT2D eigenvalue weighted by molar-refractivity contribution is 7.99. The lowest BCUT2D eigenvalue weighted by Gasteiger charge is -2.21. The van der Waals surface area contributed by atoms with Crippen LogP contribution in [0.25, 0.3) is 23.1 Å². The fraction of sp³-hybridized carbons (Fsp3) is 0.265. The Balaban J connectivity index is 1.36. The number of rotatable bonds is 12. The van der Waals surface area contributed by atoms with Gasteiger partial charge in [0.2, 0.25) is 0 Å². The SMILES string of the molecule is CC(=O)c1ccccc1CC[C@@H](SCC1(CC(=O)O)CC1)c1cccc(/C=C/c2ccc3ccc(Cl)cc3n2)c1. The first-order chi connectivity index (χ1) is 19.3. The number of fused-ring (bicyclic) bond motifs is 1. The topological polar surface area (TPSA) is 67.3 Å². The summed E-state index contributed by atoms with van der Waals surface area (Å²) in [6, 6.07) is 26.1. The number of aliphatic carboxylic acids is 1. The molecule has 0 radical (unpaired) electrons. The van der Waals surface area contributed by atoms with Crippen LogP contribution in [0.2, 0.25) is 5.02 Å². The lowest BCUT2D eigenvalue weighted by molar-refractivity contribution is -0.138. The number of aromatic nitrogens is 1. The van der Waals surface area contributed by atoms with E-state index in [1.807, 2.05) is 72.4 Å². The Kier molecular flexibility index (Phi) is 8.72. The van der Waals surface area contributed by atoms with Gasteiger partial charge in [-0.3, -0.25) is 9.59 Å². The van der Waals surface area contributed by atoms with Crippen LogP contribution in [0, 0.1) is 5.41 Å². The van der Waals surface area contributed by atoms with Gasteiger partial charge in [0.05, 0.1) is 17.6 Å². The van der Waals surface area contributed by atoms with Gasteiger partial charge in [0.25, 0.3) is 0 Å². The van der Waals surface area contributed by atoms with Crippen molar-refractivity contribution in [1.29, 1.82) is 0 Å². The second kappa shape index (κ2) is 12.4. The number of benzene rings is 3. The molecule has 6 heteroatoms. The van der Waals surface area contributed by atoms with Gasteiger partial charge in [0, 0.05) is 27.0 Å². The molecule has 3 aromatic carbocycles. The molecule has 4 aromatic rings. The van der Waals surface area contributed by atoms with Gasteiger partial charge in [-0.25, -0.2) is 4.98 Å². The highest BCUT2D eigenvalue weighted by Gasteiger charge is 2.44. The number of Topliss-reactive ketones (excluding diaryl/α,β-unsaturated/α-hetero) is 1. The number of carbonyl (C=O) groups excluding carboxylic acids is 1. The van der Waals surface area contributed by atoms with Crippen molar-refractivity contribution in [2.75, 3.05) is 5.75 Å². The maximum absolute atomic E-state index is 12.2. The maximum atomic E-state index is 12.2. The molecule has 1 aromatic heterocycles. The monoisotopic (exact) mass is 569 g/mol. The van der Waals surface area contributed by atoms with Crippen LogP contribution >= 0.6 is 23.4 Å². The third kappa shape index (κ3) is 7.21. The second-order valence-electron chi connectivity index (χ2n) is 10.7. The van der Waals surface area contributed by atoms with E-state index in [2.05, 4.69) is 30.3 Å². The Morgan fingerprint density at radius 1 is 1.02 bits per heavy atom. The first-order valence-electron chi connectivity index (χ1n) is 13.6. The number of pyridine rings is 1. The standard InChI is InChI=1S/C34H32ClNO3S/c1-23(37)30-8-3-2-6-25(30)12-16-32(40-22-34(17-18-34)21-33(38)39)27-7-4-5-24(19-27)9-14-29-15-11-26-10-13-28(35)20-31(26)36-29/h2-11,13-15,19-20,32H,12,16-18,21-22H2,1H3,(H,38,39)/b14-9+/t32-/m1/s1. The van der Waals surface area contributed by atoms with Crippen LogP contribution in [-0.2, 0) is 11.2 Å². The maximum Gasteiger partial charge on any atom is 0.303 e. The quantitative estimate of drug-likeness (QED) is 0.172. The van der Waals surface area contributed by atoms with Gasteiger partial charge < -0.3 is 5.11 Å². The van der Waals surface area contributed by atoms with Crippen molar-refractivity contribution in [2.24, 2.45) is 5.41 Å². The van der Waals surface area contributed by atoms with Crippen molar-refractivity contribution in [1.82, 2.24) is 4.98 Å². The number of ketones is 1. The minimum atomic E-state index is -0.721. The van der Waals surface area contributed by atoms with Gasteiger partial charge in [-0.1, -0.05) is 78.3 Å². The summed E-state index contributed by atoms with van der Waals surface area (Å²) >= 11 is 8.00. The van der Waals surface area contributed by atoms with E-state index in [4.69, 9.17) is 16.6 Å². The van der Waals surface area contributed by atoms with Crippen LogP contribution in [0.1, 0.15) is 70.6 Å². The third-order valence-corrected chi connectivity index (χ3v) is 9.48. The van der Waals surface area contributed by atoms with E-state index in [1.165, 1.54) is 5.56 Å². The van der Waals surface area contributed by atoms with Gasteiger partial charge in [-0.2, -0.15) is 11.8 Å². The van der Waals surface area contributed by atoms with Crippen LogP contribution < -0.4 is 0 Å². The average Bonchev–Trinajstić information content (AvgIpc) is 3.70. The highest BCUT2D eigenvalue weighted by atomic mass is 35.5. The number of halogens is 1. The molecule has 1 N–H and O–H groups in total. The van der Waals surface area contributed by atoms with Crippen molar-refractivity contribution < 1.29 is 14.7 Å². The Labute approximate surface area is 244 Å². The average molecular weight is 570 g/mol. The molecule has 204 valence electrons. The molecule has 0 spiro atoms. The molecule has 1 fully saturated rings. The Morgan fingerprint density at radius 2 is 1.82 bits per heavy atom. The van der Waals surface area contributed by atoms with Crippen molar-refractivity contribution in [3.05, 3.63) is 112 Å². The first-order valence-corrected chi connectivity index (χ1v) is 15.0. The molecule has 0 aliphatic heterocycles. The Morgan fingerprint density at radius 3 is 2.60 bits per heavy atom. The minimum absolute atomic E-state index is 0.0786. The molecule has 1 aliphatic rings. The minimum Gasteiger partial charge on any atom is -0.481 e. The van der Waals surface area contributed by atoms with Crippen LogP contribution in [0.3, 0.4) is 0 Å². The zero-order valence-electron chi connectivity index (χ0n) is 22.5. The number of aryl methyl sites for hydroxylation is 1. The Hall–Kier alpha value is -3.41. The molecule has 0 amide bonds. The van der Waals surface area contributed by atoms with Crippen LogP contribution in [-0.4, -0.2) is 27.6 Å². The number of carbonyl (C=O) groups is 2. The second-order valence-corrected chi connectivity index (χ2v) is 12.3. The number of carboxylic acids is 1. The summed E-state index contributed by atoms with van der Waals surface area (Å²) in [5.41, 5.74) is 5.75. The number of hydrogen-bond donors (Lipinski definition) is 1. The summed E-state index contributed by atoms with van der Waals surface area (Å²) < 4.78 is 0. The summed E-state index contributed by atoms with van der Waals surface area (Å²) in [7, 11) is 0. The summed E-state index contributed by atoms with van der Waals surface area (Å²) in [6.07, 6.45) is 7.89. The van der Waals surface area contributed by atoms with Crippen molar-refractivity contribution in [3.63, 3.8) is 0 Å². The van der Waals surface area contributed by atoms with Gasteiger partial charge in [-0.15, -0.1) is 0 Å². The van der Waals surface area contributed by atoms with Gasteiger partial charge in [-0.05, 0) is 79.0 Å². The van der Waals surface area contributed by atoms with Crippen molar-refractivity contribution in [3.8, 4) is 0 Å². The van der Waals surface area contributed by atoms with E-state index >= 15 is 0 Å². The molecule has 1 aliphatic carbocycles. The summed E-state index contributed by atoms with van der Waals surface area (Å²) in [4.78, 5) is 28.4. The molecule has 40 heavy (non-hydrogen) atoms. The fourth-order valence-corrected chi connectivity index (χ4v) is 6.84. The molecule has 0 bridgehead atoms. The number of thioether (sulfide) groups is 1. The molecule has 0 unspecified atom stereocenters. The van der Waals surface area contributed by atoms with Crippen molar-refractivity contribution in [2.45, 2.75) is 44.3 Å². The molecule has 1 atom stereocenters. The molecule has 4 nitrogen and oxygen atoms in total. The van der Waals surface area contributed by atoms with E-state index < -0.39 is 5.97 Å². The first kappa shape index (κ1) is 28.1. The van der Waals surface area contributed by atoms with Crippen LogP contribution in [0.15, 0.2) is 78.9 Å². The normalized spacial score (nSPS) is 14.8. The van der Waals surface area contributed by atoms with Crippen LogP contribution in [0.5, 0.6) is 0 Å². The third-order valence-electron chi connectivity index (χ3n) is 7.55. The van der Waals surface area contributed by atoms with E-state index in [1.54, 1.807) is 6.92 Å². The summed E-state index contributed by atoms with van der Waals surface area (Å²) in [5.74, 6) is 0.179. The molecule has 1 heterocycles. The van der Waals surface area contributed by atoms with Crippen LogP contribution in [0.4, 0.5) is 0 Å². The highest BCUT2D eigenvalue weighted by Crippen LogP contribution is 2.53. The molecule has 5 rings (SSSR count). The van der Waals surface area contributed by atoms with Crippen molar-refractivity contribution >= 4 is 58.2 Å². The largest absolute Gasteiger partial charge is 0.481 e. The van der Waals surface area contributed by atoms with E-state index in [0.717, 1.165) is 64.7 Å². The molecular weight excluding hydrogens is 538 g/mol. The lowest BCUT2D eigenvalue weighted by atomic mass is 9.97. The number of nitrogens with zero attached hydrogens (tertiary/aromatic N) is 1. The van der Waals surface area contributed by atoms with E-state index in [0.29, 0.717) is 5.02 Å². The fourth-order valence-electron chi connectivity index (χ4n) is 5.11. The Bertz CT molecular complexity index is 1580. The zero-order valence-corrected chi connectivity index (χ0v) is 24.0. The smallest absolute Gasteiger partial charge is 0.303 e. The summed E-state index contributed by atoms with van der Waals surface area (Å²) in [6.45, 7) is 1.61. The van der Waals surface area contributed by atoms with E-state index in [-0.39, 0.29) is 22.9 Å². The lowest BCUT2D eigenvalue weighted by Crippen LogP contribution is -2.12. The van der Waals surface area contributed by atoms with Gasteiger partial charge in [0.15, 0.2) is 5.78 Å².